The Labute approximate surface area is 448 Å². The Balaban J connectivity index is 0.000000216. The van der Waals surface area contributed by atoms with Crippen molar-refractivity contribution in [3.05, 3.63) is 259 Å². The minimum absolute atomic E-state index is 0.0537. The predicted molar refractivity (Wildman–Crippen MR) is 288 cm³/mol. The van der Waals surface area contributed by atoms with Crippen LogP contribution in [0.15, 0.2) is 194 Å². The molecule has 2 amide bonds. The number of rotatable bonds is 20. The Kier molecular flexibility index (Phi) is 19.5. The zero-order chi connectivity index (χ0) is 52.4. The largest absolute Gasteiger partial charge is 0.485 e. The molecule has 0 radical (unpaired) electrons. The summed E-state index contributed by atoms with van der Waals surface area (Å²) >= 11 is 25.2. The summed E-state index contributed by atoms with van der Waals surface area (Å²) in [5.41, 5.74) is 4.49. The van der Waals surface area contributed by atoms with Crippen LogP contribution >= 0.6 is 46.4 Å². The number of carboxylic acid groups (broad SMARTS) is 1. The Bertz CT molecular complexity index is 3000. The van der Waals surface area contributed by atoms with Gasteiger partial charge in [-0.05, 0) is 67.6 Å². The second-order valence-electron chi connectivity index (χ2n) is 16.4. The van der Waals surface area contributed by atoms with Gasteiger partial charge in [0.15, 0.2) is 34.8 Å². The first-order valence-corrected chi connectivity index (χ1v) is 24.5. The van der Waals surface area contributed by atoms with Crippen LogP contribution in [0.3, 0.4) is 0 Å². The van der Waals surface area contributed by atoms with Gasteiger partial charge in [-0.25, -0.2) is 4.79 Å². The number of Topliss-reactive ketones (excluding diaryl/α,β-unsaturated/α-hetero) is 1. The van der Waals surface area contributed by atoms with Crippen molar-refractivity contribution in [1.29, 1.82) is 0 Å². The first-order valence-electron chi connectivity index (χ1n) is 23.0. The number of aliphatic carboxylic acids is 1. The second-order valence-corrected chi connectivity index (χ2v) is 18.0. The molecule has 0 aliphatic rings. The average molecular weight is 1070 g/mol. The molecule has 2 atom stereocenters. The summed E-state index contributed by atoms with van der Waals surface area (Å²) in [4.78, 5) is 50.9. The number of benzene rings is 8. The van der Waals surface area contributed by atoms with E-state index in [1.54, 1.807) is 127 Å². The van der Waals surface area contributed by atoms with E-state index in [9.17, 15) is 24.3 Å². The van der Waals surface area contributed by atoms with Crippen LogP contribution in [0, 0.1) is 0 Å². The molecule has 0 fully saturated rings. The van der Waals surface area contributed by atoms with Crippen molar-refractivity contribution in [3.63, 3.8) is 0 Å². The molecule has 8 rings (SSSR count). The maximum atomic E-state index is 12.9. The van der Waals surface area contributed by atoms with Gasteiger partial charge in [0.1, 0.15) is 32.5 Å². The van der Waals surface area contributed by atoms with Crippen molar-refractivity contribution >= 4 is 70.0 Å². The van der Waals surface area contributed by atoms with E-state index in [2.05, 4.69) is 10.6 Å². The Morgan fingerprint density at radius 2 is 0.716 bits per heavy atom. The van der Waals surface area contributed by atoms with Crippen LogP contribution in [0.4, 0.5) is 0 Å². The Morgan fingerprint density at radius 3 is 1.05 bits per heavy atom. The number of nitrogens with one attached hydrogen (secondary N) is 2. The average Bonchev–Trinajstić information content (AvgIpc) is 3.41. The zero-order valence-electron chi connectivity index (χ0n) is 39.7. The number of amides is 2. The number of hydrogen-bond donors (Lipinski definition) is 3. The molecular formula is C59H48Cl4N2O9. The van der Waals surface area contributed by atoms with Gasteiger partial charge in [0.2, 0.25) is 0 Å². The third-order valence-electron chi connectivity index (χ3n) is 11.3. The fourth-order valence-corrected chi connectivity index (χ4v) is 8.17. The van der Waals surface area contributed by atoms with Crippen LogP contribution < -0.4 is 29.6 Å². The van der Waals surface area contributed by atoms with E-state index in [1.165, 1.54) is 6.92 Å². The van der Waals surface area contributed by atoms with E-state index in [-0.39, 0.29) is 49.4 Å². The molecule has 2 unspecified atom stereocenters. The van der Waals surface area contributed by atoms with Gasteiger partial charge in [0.25, 0.3) is 11.8 Å². The molecule has 74 heavy (non-hydrogen) atoms. The number of carbonyl (C=O) groups is 4. The fraction of sp³-hybridized carbons (Fsp3) is 0.119. The summed E-state index contributed by atoms with van der Waals surface area (Å²) in [7, 11) is 0. The lowest BCUT2D eigenvalue weighted by atomic mass is 10.0. The maximum absolute atomic E-state index is 12.9. The van der Waals surface area contributed by atoms with Gasteiger partial charge in [0.05, 0.1) is 0 Å². The van der Waals surface area contributed by atoms with Gasteiger partial charge in [0, 0.05) is 64.6 Å². The number of carbonyl (C=O) groups excluding carboxylic acids is 3. The van der Waals surface area contributed by atoms with Gasteiger partial charge in [-0.15, -0.1) is 0 Å². The molecule has 11 nitrogen and oxygen atoms in total. The molecule has 0 bridgehead atoms. The third kappa shape index (κ3) is 14.7. The molecule has 15 heteroatoms. The Morgan fingerprint density at radius 1 is 0.405 bits per heavy atom. The van der Waals surface area contributed by atoms with E-state index >= 15 is 0 Å². The summed E-state index contributed by atoms with van der Waals surface area (Å²) in [6, 6.07) is 54.0. The van der Waals surface area contributed by atoms with Crippen molar-refractivity contribution in [2.75, 3.05) is 0 Å². The lowest BCUT2D eigenvalue weighted by Gasteiger charge is -2.22. The normalized spacial score (nSPS) is 11.4. The van der Waals surface area contributed by atoms with Crippen LogP contribution in [-0.2, 0) is 36.0 Å². The van der Waals surface area contributed by atoms with Crippen LogP contribution in [-0.4, -0.2) is 28.7 Å². The highest BCUT2D eigenvalue weighted by molar-refractivity contribution is 6.32. The van der Waals surface area contributed by atoms with Crippen LogP contribution in [0.2, 0.25) is 20.1 Å². The van der Waals surface area contributed by atoms with Crippen molar-refractivity contribution in [1.82, 2.24) is 10.6 Å². The predicted octanol–water partition coefficient (Wildman–Crippen LogP) is 13.9. The molecule has 0 saturated carbocycles. The van der Waals surface area contributed by atoms with Gasteiger partial charge in [-0.1, -0.05) is 180 Å². The highest BCUT2D eigenvalue weighted by Gasteiger charge is 2.29. The Hall–Kier alpha value is -7.80. The quantitative estimate of drug-likeness (QED) is 0.0678. The van der Waals surface area contributed by atoms with Crippen molar-refractivity contribution < 1.29 is 43.2 Å². The van der Waals surface area contributed by atoms with Gasteiger partial charge < -0.3 is 34.7 Å². The topological polar surface area (TPSA) is 149 Å². The lowest BCUT2D eigenvalue weighted by molar-refractivity contribution is -0.139. The smallest absolute Gasteiger partial charge is 0.331 e. The van der Waals surface area contributed by atoms with Crippen molar-refractivity contribution in [2.45, 2.75) is 45.4 Å². The number of carboxylic acids is 1. The van der Waals surface area contributed by atoms with E-state index in [0.29, 0.717) is 59.6 Å². The van der Waals surface area contributed by atoms with E-state index < -0.39 is 24.0 Å². The highest BCUT2D eigenvalue weighted by Crippen LogP contribution is 2.39. The number of para-hydroxylation sites is 2. The molecule has 0 saturated heterocycles. The molecule has 0 heterocycles. The number of hydrogen-bond acceptors (Lipinski definition) is 8. The van der Waals surface area contributed by atoms with Gasteiger partial charge >= 0.3 is 5.97 Å². The summed E-state index contributed by atoms with van der Waals surface area (Å²) < 4.78 is 24.5. The zero-order valence-corrected chi connectivity index (χ0v) is 42.7. The summed E-state index contributed by atoms with van der Waals surface area (Å²) in [5, 5.41) is 17.7. The minimum Gasteiger partial charge on any atom is -0.485 e. The fourth-order valence-electron chi connectivity index (χ4n) is 7.41. The number of halogens is 4. The molecule has 8 aromatic rings. The van der Waals surface area contributed by atoms with Gasteiger partial charge in [-0.3, -0.25) is 14.4 Å². The van der Waals surface area contributed by atoms with E-state index in [4.69, 9.17) is 65.4 Å². The van der Waals surface area contributed by atoms with E-state index in [1.807, 2.05) is 66.7 Å². The molecule has 8 aromatic carbocycles. The monoisotopic (exact) mass is 1070 g/mol. The highest BCUT2D eigenvalue weighted by atomic mass is 35.5. The lowest BCUT2D eigenvalue weighted by Crippen LogP contribution is -2.34. The molecule has 3 N–H and O–H groups in total. The summed E-state index contributed by atoms with van der Waals surface area (Å²) in [5.74, 6) is -1.20. The molecular weight excluding hydrogens is 1020 g/mol. The maximum Gasteiger partial charge on any atom is 0.331 e. The SMILES string of the molecule is CC(=O)C(NC(=O)c1ccccc1)c1cccc(OCc2ccccc2Cl)c1OCc1ccccc1Cl.O=C(NC(C(=O)O)c1cccc(OCc2ccccc2Cl)c1OCc1ccccc1Cl)c1ccccc1. The first-order chi connectivity index (χ1) is 35.9. The van der Waals surface area contributed by atoms with Crippen LogP contribution in [0.1, 0.15) is 73.1 Å². The standard InChI is InChI=1S/C30H25Cl2NO4.C29H23Cl2NO5/c1-20(34)28(33-30(35)21-10-3-2-4-11-21)24-14-9-17-27(36-18-22-12-5-7-15-25(22)31)29(24)37-19-23-13-6-8-16-26(23)32;30-23-14-6-4-11-20(23)17-36-25-16-8-13-22(27(25)37-18-21-12-5-7-15-24(21)31)26(29(34)35)32-28(33)19-9-2-1-3-10-19/h2-17,28H,18-19H2,1H3,(H,33,35);1-16,26H,17-18H2,(H,32,33)(H,34,35). The first kappa shape index (κ1) is 54.0. The molecule has 0 aromatic heterocycles. The van der Waals surface area contributed by atoms with Crippen LogP contribution in [0.5, 0.6) is 23.0 Å². The molecule has 0 spiro atoms. The minimum atomic E-state index is -1.40. The molecule has 0 aliphatic carbocycles. The van der Waals surface area contributed by atoms with Gasteiger partial charge in [-0.2, -0.15) is 0 Å². The van der Waals surface area contributed by atoms with Crippen molar-refractivity contribution in [3.8, 4) is 23.0 Å². The van der Waals surface area contributed by atoms with Crippen LogP contribution in [0.25, 0.3) is 0 Å². The molecule has 376 valence electrons. The third-order valence-corrected chi connectivity index (χ3v) is 12.7. The number of ether oxygens (including phenoxy) is 4. The summed E-state index contributed by atoms with van der Waals surface area (Å²) in [6.07, 6.45) is 0. The molecule has 0 aliphatic heterocycles. The van der Waals surface area contributed by atoms with E-state index in [0.717, 1.165) is 16.7 Å². The second kappa shape index (κ2) is 26.8. The summed E-state index contributed by atoms with van der Waals surface area (Å²) in [6.45, 7) is 1.92. The number of ketones is 1. The van der Waals surface area contributed by atoms with Crippen molar-refractivity contribution in [2.24, 2.45) is 0 Å².